The Morgan fingerprint density at radius 3 is 1.85 bits per heavy atom. The van der Waals surface area contributed by atoms with Crippen molar-refractivity contribution in [1.82, 2.24) is 19.6 Å². The molecule has 2 atom stereocenters. The first-order chi connectivity index (χ1) is 16.6. The van der Waals surface area contributed by atoms with Gasteiger partial charge in [-0.25, -0.2) is 0 Å². The summed E-state index contributed by atoms with van der Waals surface area (Å²) in [7, 11) is 6.90. The third-order valence-corrected chi connectivity index (χ3v) is 9.23. The van der Waals surface area contributed by atoms with Gasteiger partial charge >= 0.3 is 0 Å². The van der Waals surface area contributed by atoms with E-state index < -0.39 is 0 Å². The summed E-state index contributed by atoms with van der Waals surface area (Å²) in [5, 5.41) is 0. The largest absolute Gasteiger partial charge is 0.304 e. The molecule has 34 heavy (non-hydrogen) atoms. The van der Waals surface area contributed by atoms with Crippen LogP contribution in [0.15, 0.2) is 60.7 Å². The van der Waals surface area contributed by atoms with E-state index in [1.807, 2.05) is 0 Å². The summed E-state index contributed by atoms with van der Waals surface area (Å²) in [4.78, 5) is 10.6. The quantitative estimate of drug-likeness (QED) is 0.609. The van der Waals surface area contributed by atoms with E-state index in [0.717, 1.165) is 0 Å². The average Bonchev–Trinajstić information content (AvgIpc) is 3.14. The lowest BCUT2D eigenvalue weighted by Gasteiger charge is -2.51. The molecule has 0 amide bonds. The second kappa shape index (κ2) is 10.5. The van der Waals surface area contributed by atoms with Crippen LogP contribution >= 0.6 is 0 Å². The predicted molar refractivity (Wildman–Crippen MR) is 143 cm³/mol. The summed E-state index contributed by atoms with van der Waals surface area (Å²) in [5.41, 5.74) is 3.33. The molecule has 2 unspecified atom stereocenters. The zero-order chi connectivity index (χ0) is 23.5. The van der Waals surface area contributed by atoms with E-state index in [9.17, 15) is 0 Å². The van der Waals surface area contributed by atoms with Crippen molar-refractivity contribution in [1.29, 1.82) is 0 Å². The van der Waals surface area contributed by atoms with Crippen LogP contribution in [0.2, 0.25) is 0 Å². The Balaban J connectivity index is 1.43. The van der Waals surface area contributed by atoms with Gasteiger partial charge in [0.1, 0.15) is 0 Å². The molecule has 184 valence electrons. The van der Waals surface area contributed by atoms with Crippen LogP contribution in [0.3, 0.4) is 0 Å². The predicted octanol–water partition coefficient (Wildman–Crippen LogP) is 4.36. The van der Waals surface area contributed by atoms with E-state index in [1.54, 1.807) is 0 Å². The second-order valence-electron chi connectivity index (χ2n) is 11.3. The normalized spacial score (nSPS) is 31.1. The minimum absolute atomic E-state index is 0.268. The van der Waals surface area contributed by atoms with Gasteiger partial charge in [0, 0.05) is 56.1 Å². The summed E-state index contributed by atoms with van der Waals surface area (Å²) >= 11 is 0. The highest BCUT2D eigenvalue weighted by Gasteiger charge is 2.52. The van der Waals surface area contributed by atoms with Crippen molar-refractivity contribution in [2.75, 3.05) is 67.0 Å². The molecule has 1 saturated carbocycles. The Kier molecular flexibility index (Phi) is 7.41. The Morgan fingerprint density at radius 2 is 1.32 bits per heavy atom. The van der Waals surface area contributed by atoms with E-state index in [0.29, 0.717) is 17.9 Å². The molecule has 2 bridgehead atoms. The van der Waals surface area contributed by atoms with Gasteiger partial charge in [-0.3, -0.25) is 4.90 Å². The van der Waals surface area contributed by atoms with Crippen molar-refractivity contribution in [3.05, 3.63) is 71.8 Å². The maximum Gasteiger partial charge on any atom is 0.0234 e. The van der Waals surface area contributed by atoms with Crippen LogP contribution in [0, 0.1) is 0 Å². The minimum atomic E-state index is 0.268. The number of nitrogens with zero attached hydrogens (tertiary/aromatic N) is 4. The lowest BCUT2D eigenvalue weighted by atomic mass is 9.63. The van der Waals surface area contributed by atoms with Crippen LogP contribution in [-0.2, 0) is 0 Å². The summed E-state index contributed by atoms with van der Waals surface area (Å²) in [6.45, 7) is 8.55. The van der Waals surface area contributed by atoms with Crippen LogP contribution in [0.5, 0.6) is 0 Å². The zero-order valence-corrected chi connectivity index (χ0v) is 21.6. The molecule has 3 saturated heterocycles. The number of rotatable bonds is 7. The fourth-order valence-corrected chi connectivity index (χ4v) is 7.09. The zero-order valence-electron chi connectivity index (χ0n) is 21.6. The summed E-state index contributed by atoms with van der Waals surface area (Å²) in [6, 6.07) is 23.4. The molecular weight excluding hydrogens is 416 g/mol. The number of hydrogen-bond donors (Lipinski definition) is 0. The first kappa shape index (κ1) is 24.0. The molecule has 2 aromatic rings. The molecule has 0 aromatic heterocycles. The third-order valence-electron chi connectivity index (χ3n) is 9.23. The molecule has 1 aliphatic carbocycles. The van der Waals surface area contributed by atoms with Crippen molar-refractivity contribution < 1.29 is 0 Å². The van der Waals surface area contributed by atoms with Crippen LogP contribution in [0.25, 0.3) is 0 Å². The lowest BCUT2D eigenvalue weighted by molar-refractivity contribution is 0.0648. The fourth-order valence-electron chi connectivity index (χ4n) is 7.09. The van der Waals surface area contributed by atoms with Crippen LogP contribution in [0.1, 0.15) is 48.6 Å². The number of benzene rings is 2. The fraction of sp³-hybridized carbons (Fsp3) is 0.600. The molecule has 4 aliphatic rings. The van der Waals surface area contributed by atoms with Gasteiger partial charge in [-0.1, -0.05) is 60.7 Å². The molecule has 4 fully saturated rings. The molecule has 4 heteroatoms. The molecule has 3 heterocycles. The van der Waals surface area contributed by atoms with E-state index in [2.05, 4.69) is 101 Å². The van der Waals surface area contributed by atoms with Gasteiger partial charge < -0.3 is 14.7 Å². The van der Waals surface area contributed by atoms with E-state index in [1.165, 1.54) is 82.6 Å². The van der Waals surface area contributed by atoms with Crippen molar-refractivity contribution in [2.24, 2.45) is 0 Å². The van der Waals surface area contributed by atoms with Crippen molar-refractivity contribution >= 4 is 0 Å². The van der Waals surface area contributed by atoms with E-state index in [4.69, 9.17) is 0 Å². The molecule has 0 radical (unpaired) electrons. The SMILES string of the molecule is CN1CCN(CCCN2CCC3(N(C)C)CC(c4ccccc4)C2C(c2ccccc2)C3)CC1. The Bertz CT molecular complexity index is 841. The lowest BCUT2D eigenvalue weighted by Crippen LogP contribution is -2.52. The number of hydrogen-bond acceptors (Lipinski definition) is 4. The highest BCUT2D eigenvalue weighted by atomic mass is 15.3. The van der Waals surface area contributed by atoms with Gasteiger partial charge in [0.2, 0.25) is 0 Å². The average molecular weight is 461 g/mol. The molecule has 3 aliphatic heterocycles. The monoisotopic (exact) mass is 460 g/mol. The Hall–Kier alpha value is -1.72. The van der Waals surface area contributed by atoms with Crippen molar-refractivity contribution in [3.63, 3.8) is 0 Å². The summed E-state index contributed by atoms with van der Waals surface area (Å²) < 4.78 is 0. The second-order valence-corrected chi connectivity index (χ2v) is 11.3. The van der Waals surface area contributed by atoms with E-state index in [-0.39, 0.29) is 5.54 Å². The van der Waals surface area contributed by atoms with Gasteiger partial charge in [-0.2, -0.15) is 0 Å². The van der Waals surface area contributed by atoms with Gasteiger partial charge in [-0.05, 0) is 71.0 Å². The van der Waals surface area contributed by atoms with Crippen LogP contribution in [-0.4, -0.2) is 98.1 Å². The molecule has 6 rings (SSSR count). The standard InChI is InChI=1S/C30H44N4/c1-31(2)30-15-18-34(17-10-16-33-21-19-32(3)20-22-33)29(27(23-30)25-11-6-4-7-12-25)28(24-30)26-13-8-5-9-14-26/h4-9,11-14,27-29H,10,15-24H2,1-3H3. The maximum atomic E-state index is 2.91. The Morgan fingerprint density at radius 1 is 0.765 bits per heavy atom. The number of fused-ring (bicyclic) bond motifs is 4. The van der Waals surface area contributed by atoms with Gasteiger partial charge in [0.15, 0.2) is 0 Å². The molecule has 0 N–H and O–H groups in total. The molecule has 4 nitrogen and oxygen atoms in total. The van der Waals surface area contributed by atoms with Crippen molar-refractivity contribution in [2.45, 2.75) is 49.1 Å². The Labute approximate surface area is 207 Å². The summed E-state index contributed by atoms with van der Waals surface area (Å²) in [5.74, 6) is 1.15. The summed E-state index contributed by atoms with van der Waals surface area (Å²) in [6.07, 6.45) is 5.09. The van der Waals surface area contributed by atoms with E-state index >= 15 is 0 Å². The topological polar surface area (TPSA) is 13.0 Å². The smallest absolute Gasteiger partial charge is 0.0234 e. The molecule has 2 aromatic carbocycles. The first-order valence-electron chi connectivity index (χ1n) is 13.5. The highest BCUT2D eigenvalue weighted by molar-refractivity contribution is 5.32. The third kappa shape index (κ3) is 4.97. The highest BCUT2D eigenvalue weighted by Crippen LogP contribution is 2.53. The molecular formula is C30H44N4. The molecule has 0 spiro atoms. The minimum Gasteiger partial charge on any atom is -0.304 e. The number of likely N-dealkylation sites (N-methyl/N-ethyl adjacent to an activating group) is 1. The number of piperazine rings is 1. The van der Waals surface area contributed by atoms with Crippen LogP contribution < -0.4 is 0 Å². The van der Waals surface area contributed by atoms with Gasteiger partial charge in [-0.15, -0.1) is 0 Å². The van der Waals surface area contributed by atoms with Crippen LogP contribution in [0.4, 0.5) is 0 Å². The van der Waals surface area contributed by atoms with Gasteiger partial charge in [0.25, 0.3) is 0 Å². The first-order valence-corrected chi connectivity index (χ1v) is 13.5. The van der Waals surface area contributed by atoms with Crippen molar-refractivity contribution in [3.8, 4) is 0 Å². The maximum absolute atomic E-state index is 2.91. The van der Waals surface area contributed by atoms with Gasteiger partial charge in [0.05, 0.1) is 0 Å².